The molecule has 0 radical (unpaired) electrons. The number of halogens is 1. The van der Waals surface area contributed by atoms with Crippen molar-refractivity contribution in [3.05, 3.63) is 22.7 Å². The summed E-state index contributed by atoms with van der Waals surface area (Å²) in [6, 6.07) is 3.83. The predicted octanol–water partition coefficient (Wildman–Crippen LogP) is 2.78. The van der Waals surface area contributed by atoms with Gasteiger partial charge in [0.1, 0.15) is 0 Å². The van der Waals surface area contributed by atoms with Gasteiger partial charge in [-0.25, -0.2) is 4.98 Å². The van der Waals surface area contributed by atoms with E-state index in [0.29, 0.717) is 18.1 Å². The molecule has 6 heteroatoms. The van der Waals surface area contributed by atoms with Gasteiger partial charge < -0.3 is 10.0 Å². The highest BCUT2D eigenvalue weighted by Gasteiger charge is 2.34. The van der Waals surface area contributed by atoms with Gasteiger partial charge in [-0.05, 0) is 24.6 Å². The van der Waals surface area contributed by atoms with Crippen molar-refractivity contribution in [1.82, 2.24) is 4.98 Å². The quantitative estimate of drug-likeness (QED) is 0.920. The van der Waals surface area contributed by atoms with Crippen LogP contribution in [-0.4, -0.2) is 29.1 Å². The molecule has 0 amide bonds. The zero-order valence-corrected chi connectivity index (χ0v) is 11.3. The molecule has 0 bridgehead atoms. The topological polar surface area (TPSA) is 53.4 Å². The van der Waals surface area contributed by atoms with E-state index in [4.69, 9.17) is 16.7 Å². The number of hydrogen-bond acceptors (Lipinski definition) is 4. The summed E-state index contributed by atoms with van der Waals surface area (Å²) in [6.45, 7) is 3.04. The molecule has 0 atom stereocenters. The minimum atomic E-state index is -0.730. The fourth-order valence-electron chi connectivity index (χ4n) is 2.02. The largest absolute Gasteiger partial charge is 0.481 e. The van der Waals surface area contributed by atoms with Crippen LogP contribution in [-0.2, 0) is 4.79 Å². The maximum Gasteiger partial charge on any atom is 0.310 e. The summed E-state index contributed by atoms with van der Waals surface area (Å²) < 4.78 is 1.09. The van der Waals surface area contributed by atoms with Crippen LogP contribution in [0.3, 0.4) is 0 Å². The van der Waals surface area contributed by atoms with Gasteiger partial charge in [-0.2, -0.15) is 0 Å². The Labute approximate surface area is 113 Å². The number of carboxylic acid groups (broad SMARTS) is 1. The van der Waals surface area contributed by atoms with Crippen molar-refractivity contribution >= 4 is 44.3 Å². The van der Waals surface area contributed by atoms with Crippen LogP contribution in [0.1, 0.15) is 5.56 Å². The second-order valence-electron chi connectivity index (χ2n) is 4.46. The third-order valence-electron chi connectivity index (χ3n) is 3.24. The second kappa shape index (κ2) is 4.10. The van der Waals surface area contributed by atoms with E-state index in [9.17, 15) is 4.79 Å². The van der Waals surface area contributed by atoms with Crippen LogP contribution >= 0.6 is 22.9 Å². The number of fused-ring (bicyclic) bond motifs is 1. The molecule has 1 N–H and O–H groups in total. The Bertz CT molecular complexity index is 634. The molecule has 3 rings (SSSR count). The van der Waals surface area contributed by atoms with E-state index in [1.54, 1.807) is 11.3 Å². The number of thiazole rings is 1. The molecule has 18 heavy (non-hydrogen) atoms. The lowest BCUT2D eigenvalue weighted by Crippen LogP contribution is -2.50. The van der Waals surface area contributed by atoms with Crippen molar-refractivity contribution < 1.29 is 9.90 Å². The molecule has 2 heterocycles. The Morgan fingerprint density at radius 1 is 1.56 bits per heavy atom. The molecule has 1 fully saturated rings. The first-order valence-electron chi connectivity index (χ1n) is 5.59. The maximum atomic E-state index is 10.8. The Kier molecular flexibility index (Phi) is 2.68. The fourth-order valence-corrected chi connectivity index (χ4v) is 3.21. The molecule has 0 saturated carbocycles. The van der Waals surface area contributed by atoms with Crippen LogP contribution in [0.4, 0.5) is 5.13 Å². The van der Waals surface area contributed by atoms with E-state index in [-0.39, 0.29) is 5.92 Å². The zero-order chi connectivity index (χ0) is 12.9. The second-order valence-corrected chi connectivity index (χ2v) is 5.87. The number of aliphatic carboxylic acids is 1. The van der Waals surface area contributed by atoms with Crippen LogP contribution in [0.2, 0.25) is 5.02 Å². The van der Waals surface area contributed by atoms with Gasteiger partial charge in [0.15, 0.2) is 5.13 Å². The average molecular weight is 283 g/mol. The summed E-state index contributed by atoms with van der Waals surface area (Å²) in [5, 5.41) is 10.5. The first-order valence-corrected chi connectivity index (χ1v) is 6.79. The van der Waals surface area contributed by atoms with Gasteiger partial charge in [-0.3, -0.25) is 4.79 Å². The molecular formula is C12H11ClN2O2S. The Morgan fingerprint density at radius 2 is 2.28 bits per heavy atom. The lowest BCUT2D eigenvalue weighted by molar-refractivity contribution is -0.142. The molecule has 1 aliphatic rings. The maximum absolute atomic E-state index is 10.8. The van der Waals surface area contributed by atoms with Gasteiger partial charge in [0.25, 0.3) is 0 Å². The average Bonchev–Trinajstić information content (AvgIpc) is 2.65. The molecule has 1 saturated heterocycles. The molecule has 0 unspecified atom stereocenters. The first kappa shape index (κ1) is 11.7. The van der Waals surface area contributed by atoms with E-state index < -0.39 is 5.97 Å². The molecule has 2 aromatic rings. The molecule has 0 aliphatic carbocycles. The highest BCUT2D eigenvalue weighted by molar-refractivity contribution is 7.22. The monoisotopic (exact) mass is 282 g/mol. The Morgan fingerprint density at radius 3 is 2.94 bits per heavy atom. The van der Waals surface area contributed by atoms with Crippen molar-refractivity contribution in [2.24, 2.45) is 5.92 Å². The normalized spacial score (nSPS) is 16.0. The van der Waals surface area contributed by atoms with Gasteiger partial charge in [0.05, 0.1) is 16.1 Å². The molecule has 1 aromatic carbocycles. The minimum Gasteiger partial charge on any atom is -0.481 e. The number of benzene rings is 1. The highest BCUT2D eigenvalue weighted by atomic mass is 35.5. The number of rotatable bonds is 2. The summed E-state index contributed by atoms with van der Waals surface area (Å²) in [5.74, 6) is -0.992. The van der Waals surface area contributed by atoms with E-state index in [0.717, 1.165) is 20.9 Å². The van der Waals surface area contributed by atoms with Crippen molar-refractivity contribution in [2.75, 3.05) is 18.0 Å². The Balaban J connectivity index is 1.91. The highest BCUT2D eigenvalue weighted by Crippen LogP contribution is 2.35. The van der Waals surface area contributed by atoms with E-state index in [1.807, 2.05) is 24.0 Å². The first-order chi connectivity index (χ1) is 8.56. The smallest absolute Gasteiger partial charge is 0.310 e. The third-order valence-corrected chi connectivity index (χ3v) is 4.73. The van der Waals surface area contributed by atoms with E-state index >= 15 is 0 Å². The summed E-state index contributed by atoms with van der Waals surface area (Å²) in [5.41, 5.74) is 1.90. The summed E-state index contributed by atoms with van der Waals surface area (Å²) in [4.78, 5) is 17.3. The lowest BCUT2D eigenvalue weighted by atomic mass is 10.0. The van der Waals surface area contributed by atoms with E-state index in [1.165, 1.54) is 0 Å². The molecule has 1 aliphatic heterocycles. The molecule has 1 aromatic heterocycles. The number of carbonyl (C=O) groups is 1. The van der Waals surface area contributed by atoms with Gasteiger partial charge in [-0.1, -0.05) is 22.9 Å². The predicted molar refractivity (Wildman–Crippen MR) is 72.7 cm³/mol. The number of carboxylic acids is 1. The molecule has 94 valence electrons. The van der Waals surface area contributed by atoms with Crippen molar-refractivity contribution in [3.63, 3.8) is 0 Å². The van der Waals surface area contributed by atoms with E-state index in [2.05, 4.69) is 4.98 Å². The summed E-state index contributed by atoms with van der Waals surface area (Å²) in [6.07, 6.45) is 0. The van der Waals surface area contributed by atoms with Crippen LogP contribution in [0.5, 0.6) is 0 Å². The number of aromatic nitrogens is 1. The molecule has 4 nitrogen and oxygen atoms in total. The molecular weight excluding hydrogens is 272 g/mol. The van der Waals surface area contributed by atoms with Crippen LogP contribution in [0.25, 0.3) is 10.2 Å². The van der Waals surface area contributed by atoms with Gasteiger partial charge in [0.2, 0.25) is 0 Å². The number of hydrogen-bond donors (Lipinski definition) is 1. The summed E-state index contributed by atoms with van der Waals surface area (Å²) in [7, 11) is 0. The zero-order valence-electron chi connectivity index (χ0n) is 9.68. The van der Waals surface area contributed by atoms with Crippen molar-refractivity contribution in [1.29, 1.82) is 0 Å². The van der Waals surface area contributed by atoms with Crippen molar-refractivity contribution in [3.8, 4) is 0 Å². The van der Waals surface area contributed by atoms with Gasteiger partial charge >= 0.3 is 5.97 Å². The lowest BCUT2D eigenvalue weighted by Gasteiger charge is -2.36. The van der Waals surface area contributed by atoms with Crippen LogP contribution < -0.4 is 4.90 Å². The standard InChI is InChI=1S/C12H11ClN2O2S/c1-6-8(13)2-3-9-10(6)14-12(18-9)15-4-7(5-15)11(16)17/h2-3,7H,4-5H2,1H3,(H,16,17). The van der Waals surface area contributed by atoms with Crippen LogP contribution in [0, 0.1) is 12.8 Å². The third kappa shape index (κ3) is 1.74. The number of anilines is 1. The molecule has 0 spiro atoms. The van der Waals surface area contributed by atoms with Gasteiger partial charge in [-0.15, -0.1) is 0 Å². The van der Waals surface area contributed by atoms with Crippen LogP contribution in [0.15, 0.2) is 12.1 Å². The Hall–Kier alpha value is -1.33. The van der Waals surface area contributed by atoms with Gasteiger partial charge in [0, 0.05) is 18.1 Å². The fraction of sp³-hybridized carbons (Fsp3) is 0.333. The number of nitrogens with zero attached hydrogens (tertiary/aromatic N) is 2. The SMILES string of the molecule is Cc1c(Cl)ccc2sc(N3CC(C(=O)O)C3)nc12. The summed E-state index contributed by atoms with van der Waals surface area (Å²) >= 11 is 7.64. The minimum absolute atomic E-state index is 0.262. The van der Waals surface area contributed by atoms with Crippen molar-refractivity contribution in [2.45, 2.75) is 6.92 Å². The number of aryl methyl sites for hydroxylation is 1.